The number of hydrogen-bond acceptors (Lipinski definition) is 3. The largest absolute Gasteiger partial charge is 0.438 e. The predicted molar refractivity (Wildman–Crippen MR) is 107 cm³/mol. The van der Waals surface area contributed by atoms with Gasteiger partial charge in [-0.1, -0.05) is 48.5 Å². The highest BCUT2D eigenvalue weighted by Crippen LogP contribution is 2.39. The molecular formula is C22H11ClN2O. The van der Waals surface area contributed by atoms with E-state index >= 15 is 0 Å². The van der Waals surface area contributed by atoms with Gasteiger partial charge in [0.2, 0.25) is 11.0 Å². The van der Waals surface area contributed by atoms with E-state index in [0.717, 1.165) is 16.4 Å². The zero-order chi connectivity index (χ0) is 17.3. The van der Waals surface area contributed by atoms with Crippen LogP contribution in [0.25, 0.3) is 54.4 Å². The second kappa shape index (κ2) is 4.93. The van der Waals surface area contributed by atoms with Gasteiger partial charge in [-0.15, -0.1) is 0 Å². The van der Waals surface area contributed by atoms with E-state index < -0.39 is 0 Å². The highest BCUT2D eigenvalue weighted by Gasteiger charge is 2.14. The third-order valence-corrected chi connectivity index (χ3v) is 5.25. The minimum Gasteiger partial charge on any atom is -0.438 e. The summed E-state index contributed by atoms with van der Waals surface area (Å²) in [5.41, 5.74) is 1.31. The summed E-state index contributed by atoms with van der Waals surface area (Å²) in [4.78, 5) is 8.33. The van der Waals surface area contributed by atoms with Crippen LogP contribution in [-0.4, -0.2) is 9.97 Å². The van der Waals surface area contributed by atoms with Crippen molar-refractivity contribution in [3.8, 4) is 0 Å². The molecule has 0 spiro atoms. The van der Waals surface area contributed by atoms with Gasteiger partial charge < -0.3 is 4.42 Å². The summed E-state index contributed by atoms with van der Waals surface area (Å²) in [5.74, 6) is 0. The van der Waals surface area contributed by atoms with E-state index in [2.05, 4.69) is 70.6 Å². The fourth-order valence-corrected chi connectivity index (χ4v) is 4.06. The third kappa shape index (κ3) is 1.78. The fourth-order valence-electron chi connectivity index (χ4n) is 3.94. The van der Waals surface area contributed by atoms with E-state index in [0.29, 0.717) is 5.71 Å². The molecule has 6 rings (SSSR count). The molecule has 122 valence electrons. The Balaban J connectivity index is 1.93. The van der Waals surface area contributed by atoms with E-state index in [-0.39, 0.29) is 5.28 Å². The van der Waals surface area contributed by atoms with Gasteiger partial charge in [0.15, 0.2) is 0 Å². The highest BCUT2D eigenvalue weighted by atomic mass is 35.5. The summed E-state index contributed by atoms with van der Waals surface area (Å²) in [6.45, 7) is 0. The molecular weight excluding hydrogens is 344 g/mol. The van der Waals surface area contributed by atoms with Crippen LogP contribution in [0.5, 0.6) is 0 Å². The van der Waals surface area contributed by atoms with Gasteiger partial charge >= 0.3 is 0 Å². The van der Waals surface area contributed by atoms with E-state index in [1.807, 2.05) is 0 Å². The molecule has 0 aliphatic carbocycles. The van der Waals surface area contributed by atoms with Gasteiger partial charge in [-0.2, -0.15) is 4.98 Å². The second-order valence-electron chi connectivity index (χ2n) is 6.45. The summed E-state index contributed by atoms with van der Waals surface area (Å²) in [6.07, 6.45) is 1.73. The highest BCUT2D eigenvalue weighted by molar-refractivity contribution is 6.29. The summed E-state index contributed by atoms with van der Waals surface area (Å²) >= 11 is 5.93. The van der Waals surface area contributed by atoms with Gasteiger partial charge in [0.25, 0.3) is 0 Å². The first-order valence-electron chi connectivity index (χ1n) is 8.37. The maximum absolute atomic E-state index is 5.97. The Bertz CT molecular complexity index is 1500. The van der Waals surface area contributed by atoms with Crippen LogP contribution in [-0.2, 0) is 0 Å². The number of halogens is 1. The fraction of sp³-hybridized carbons (Fsp3) is 0. The minimum atomic E-state index is 0.192. The minimum absolute atomic E-state index is 0.192. The summed E-state index contributed by atoms with van der Waals surface area (Å²) in [5, 5.41) is 9.38. The van der Waals surface area contributed by atoms with Crippen LogP contribution in [0.2, 0.25) is 5.28 Å². The molecule has 0 aliphatic rings. The van der Waals surface area contributed by atoms with Crippen molar-refractivity contribution in [2.24, 2.45) is 0 Å². The van der Waals surface area contributed by atoms with Crippen molar-refractivity contribution in [2.45, 2.75) is 0 Å². The van der Waals surface area contributed by atoms with Crippen LogP contribution in [0.15, 0.2) is 71.3 Å². The SMILES string of the molecule is Clc1ncc2c(n1)oc1cc3c4ccccc4c4ccccc4c3cc12. The first-order valence-corrected chi connectivity index (χ1v) is 8.75. The molecule has 0 atom stereocenters. The molecule has 0 N–H and O–H groups in total. The molecule has 2 aromatic heterocycles. The van der Waals surface area contributed by atoms with Crippen LogP contribution >= 0.6 is 11.6 Å². The molecule has 0 saturated carbocycles. The topological polar surface area (TPSA) is 38.9 Å². The Morgan fingerprint density at radius 2 is 1.23 bits per heavy atom. The smallest absolute Gasteiger partial charge is 0.231 e. The monoisotopic (exact) mass is 354 g/mol. The molecule has 3 nitrogen and oxygen atoms in total. The lowest BCUT2D eigenvalue weighted by Gasteiger charge is -2.10. The van der Waals surface area contributed by atoms with Crippen LogP contribution < -0.4 is 0 Å². The molecule has 0 radical (unpaired) electrons. The Morgan fingerprint density at radius 1 is 0.654 bits per heavy atom. The number of aromatic nitrogens is 2. The average molecular weight is 355 g/mol. The van der Waals surface area contributed by atoms with Gasteiger partial charge in [-0.25, -0.2) is 4.98 Å². The number of benzene rings is 4. The quantitative estimate of drug-likeness (QED) is 0.231. The molecule has 0 fully saturated rings. The standard InChI is InChI=1S/C22H11ClN2O/c23-22-24-11-19-18-9-16-14-7-3-1-5-12(14)13-6-2-4-8-15(13)17(16)10-20(18)26-21(19)25-22/h1-11H. The molecule has 2 heterocycles. The molecule has 4 aromatic carbocycles. The molecule has 0 aliphatic heterocycles. The number of nitrogens with zero attached hydrogens (tertiary/aromatic N) is 2. The second-order valence-corrected chi connectivity index (χ2v) is 6.78. The normalized spacial score (nSPS) is 12.0. The van der Waals surface area contributed by atoms with Crippen molar-refractivity contribution < 1.29 is 4.42 Å². The number of hydrogen-bond donors (Lipinski definition) is 0. The molecule has 0 bridgehead atoms. The van der Waals surface area contributed by atoms with Gasteiger partial charge in [0.1, 0.15) is 5.58 Å². The number of rotatable bonds is 0. The first-order chi connectivity index (χ1) is 12.8. The number of fused-ring (bicyclic) bond motifs is 9. The van der Waals surface area contributed by atoms with E-state index in [1.165, 1.54) is 32.3 Å². The maximum atomic E-state index is 5.97. The summed E-state index contributed by atoms with van der Waals surface area (Å²) in [6, 6.07) is 21.3. The lowest BCUT2D eigenvalue weighted by Crippen LogP contribution is -1.83. The molecule has 4 heteroatoms. The molecule has 26 heavy (non-hydrogen) atoms. The lowest BCUT2D eigenvalue weighted by molar-refractivity contribution is 0.653. The van der Waals surface area contributed by atoms with Crippen LogP contribution in [0, 0.1) is 0 Å². The Kier molecular flexibility index (Phi) is 2.66. The van der Waals surface area contributed by atoms with Crippen molar-refractivity contribution in [1.29, 1.82) is 0 Å². The van der Waals surface area contributed by atoms with Gasteiger partial charge in [0.05, 0.1) is 5.39 Å². The van der Waals surface area contributed by atoms with Gasteiger partial charge in [0, 0.05) is 11.6 Å². The third-order valence-electron chi connectivity index (χ3n) is 5.07. The molecule has 0 amide bonds. The number of furan rings is 1. The lowest BCUT2D eigenvalue weighted by atomic mass is 9.93. The Hall–Kier alpha value is -3.17. The Morgan fingerprint density at radius 3 is 1.88 bits per heavy atom. The summed E-state index contributed by atoms with van der Waals surface area (Å²) < 4.78 is 5.97. The molecule has 0 unspecified atom stereocenters. The zero-order valence-corrected chi connectivity index (χ0v) is 14.3. The predicted octanol–water partition coefficient (Wildman–Crippen LogP) is 6.49. The van der Waals surface area contributed by atoms with Crippen LogP contribution in [0.3, 0.4) is 0 Å². The Labute approximate surface area is 152 Å². The average Bonchev–Trinajstić information content (AvgIpc) is 3.03. The van der Waals surface area contributed by atoms with Crippen molar-refractivity contribution in [2.75, 3.05) is 0 Å². The van der Waals surface area contributed by atoms with E-state index in [1.54, 1.807) is 6.20 Å². The van der Waals surface area contributed by atoms with Crippen molar-refractivity contribution in [3.63, 3.8) is 0 Å². The van der Waals surface area contributed by atoms with Crippen LogP contribution in [0.1, 0.15) is 0 Å². The van der Waals surface area contributed by atoms with Crippen LogP contribution in [0.4, 0.5) is 0 Å². The summed E-state index contributed by atoms with van der Waals surface area (Å²) in [7, 11) is 0. The first kappa shape index (κ1) is 14.0. The van der Waals surface area contributed by atoms with Crippen molar-refractivity contribution >= 4 is 66.0 Å². The molecule has 6 aromatic rings. The van der Waals surface area contributed by atoms with Crippen molar-refractivity contribution in [3.05, 3.63) is 72.1 Å². The maximum Gasteiger partial charge on any atom is 0.231 e. The zero-order valence-electron chi connectivity index (χ0n) is 13.5. The van der Waals surface area contributed by atoms with E-state index in [4.69, 9.17) is 16.0 Å². The molecule has 0 saturated heterocycles. The van der Waals surface area contributed by atoms with Crippen molar-refractivity contribution in [1.82, 2.24) is 9.97 Å². The van der Waals surface area contributed by atoms with Gasteiger partial charge in [-0.05, 0) is 56.1 Å². The van der Waals surface area contributed by atoms with E-state index in [9.17, 15) is 0 Å². The van der Waals surface area contributed by atoms with Gasteiger partial charge in [-0.3, -0.25) is 0 Å².